The summed E-state index contributed by atoms with van der Waals surface area (Å²) < 4.78 is 0. The Balaban J connectivity index is 2.18. The monoisotopic (exact) mass is 239 g/mol. The summed E-state index contributed by atoms with van der Waals surface area (Å²) in [7, 11) is 0. The molecule has 2 amide bonds. The highest BCUT2D eigenvalue weighted by Crippen LogP contribution is 2.42. The molecule has 0 bridgehead atoms. The van der Waals surface area contributed by atoms with Crippen molar-refractivity contribution in [2.45, 2.75) is 64.6 Å². The Bertz CT molecular complexity index is 309. The van der Waals surface area contributed by atoms with Gasteiger partial charge >= 0.3 is 6.03 Å². The van der Waals surface area contributed by atoms with E-state index >= 15 is 0 Å². The summed E-state index contributed by atoms with van der Waals surface area (Å²) in [5.74, 6) is 0. The molecule has 1 aliphatic carbocycles. The second kappa shape index (κ2) is 3.87. The van der Waals surface area contributed by atoms with E-state index in [-0.39, 0.29) is 29.1 Å². The lowest BCUT2D eigenvalue weighted by molar-refractivity contribution is 0.0676. The van der Waals surface area contributed by atoms with Crippen LogP contribution in [0, 0.1) is 5.41 Å². The van der Waals surface area contributed by atoms with Crippen molar-refractivity contribution in [1.82, 2.24) is 10.2 Å². The number of urea groups is 1. The zero-order chi connectivity index (χ0) is 12.8. The lowest BCUT2D eigenvalue weighted by Gasteiger charge is -2.48. The minimum atomic E-state index is -0.158. The van der Waals surface area contributed by atoms with Gasteiger partial charge in [0.15, 0.2) is 0 Å². The number of carbonyl (C=O) groups is 1. The molecule has 2 rings (SSSR count). The third-order valence-corrected chi connectivity index (χ3v) is 4.02. The van der Waals surface area contributed by atoms with Gasteiger partial charge in [-0.2, -0.15) is 0 Å². The molecule has 0 aromatic heterocycles. The van der Waals surface area contributed by atoms with Gasteiger partial charge in [-0.25, -0.2) is 4.79 Å². The first-order chi connectivity index (χ1) is 7.70. The smallest absolute Gasteiger partial charge is 0.318 e. The van der Waals surface area contributed by atoms with Crippen LogP contribution in [0.15, 0.2) is 0 Å². The summed E-state index contributed by atoms with van der Waals surface area (Å²) in [6.45, 7) is 9.48. The van der Waals surface area contributed by atoms with Crippen LogP contribution in [0.25, 0.3) is 0 Å². The van der Waals surface area contributed by atoms with Crippen LogP contribution in [0.1, 0.15) is 47.0 Å². The molecule has 0 spiro atoms. The second-order valence-electron chi connectivity index (χ2n) is 7.00. The van der Waals surface area contributed by atoms with Crippen molar-refractivity contribution >= 4 is 6.03 Å². The molecule has 98 valence electrons. The van der Waals surface area contributed by atoms with Crippen molar-refractivity contribution < 1.29 is 4.79 Å². The predicted octanol–water partition coefficient (Wildman–Crippen LogP) is 1.70. The molecular weight excluding hydrogens is 214 g/mol. The molecule has 0 aromatic carbocycles. The van der Waals surface area contributed by atoms with E-state index in [4.69, 9.17) is 5.73 Å². The zero-order valence-electron chi connectivity index (χ0n) is 11.4. The van der Waals surface area contributed by atoms with Crippen LogP contribution in [-0.4, -0.2) is 35.1 Å². The number of nitrogens with one attached hydrogen (secondary N) is 1. The average Bonchev–Trinajstić information content (AvgIpc) is 2.40. The lowest BCUT2D eigenvalue weighted by Crippen LogP contribution is -2.55. The fourth-order valence-electron chi connectivity index (χ4n) is 3.83. The topological polar surface area (TPSA) is 58.4 Å². The first-order valence-corrected chi connectivity index (χ1v) is 6.55. The summed E-state index contributed by atoms with van der Waals surface area (Å²) >= 11 is 0. The maximum absolute atomic E-state index is 11.9. The first-order valence-electron chi connectivity index (χ1n) is 6.55. The van der Waals surface area contributed by atoms with Crippen molar-refractivity contribution in [1.29, 1.82) is 0 Å². The summed E-state index contributed by atoms with van der Waals surface area (Å²) in [4.78, 5) is 13.9. The van der Waals surface area contributed by atoms with Gasteiger partial charge in [0, 0.05) is 24.2 Å². The number of hydrogen-bond acceptors (Lipinski definition) is 2. The van der Waals surface area contributed by atoms with Crippen molar-refractivity contribution in [2.24, 2.45) is 11.1 Å². The normalized spacial score (nSPS) is 41.5. The van der Waals surface area contributed by atoms with Crippen LogP contribution in [0.3, 0.4) is 0 Å². The number of carbonyl (C=O) groups excluding carboxylic acids is 1. The van der Waals surface area contributed by atoms with Gasteiger partial charge in [-0.05, 0) is 38.5 Å². The predicted molar refractivity (Wildman–Crippen MR) is 68.7 cm³/mol. The van der Waals surface area contributed by atoms with Crippen LogP contribution in [-0.2, 0) is 0 Å². The van der Waals surface area contributed by atoms with Crippen molar-refractivity contribution in [3.8, 4) is 0 Å². The Morgan fingerprint density at radius 1 is 1.35 bits per heavy atom. The van der Waals surface area contributed by atoms with Gasteiger partial charge < -0.3 is 16.0 Å². The van der Waals surface area contributed by atoms with Crippen LogP contribution >= 0.6 is 0 Å². The first kappa shape index (κ1) is 12.7. The van der Waals surface area contributed by atoms with E-state index in [9.17, 15) is 4.79 Å². The Morgan fingerprint density at radius 3 is 2.47 bits per heavy atom. The molecule has 2 aliphatic rings. The van der Waals surface area contributed by atoms with Crippen LogP contribution in [0.4, 0.5) is 4.79 Å². The van der Waals surface area contributed by atoms with Crippen LogP contribution in [0.5, 0.6) is 0 Å². The molecular formula is C13H25N3O. The number of hydrogen-bond donors (Lipinski definition) is 2. The van der Waals surface area contributed by atoms with E-state index in [2.05, 4.69) is 33.0 Å². The van der Waals surface area contributed by atoms with E-state index in [1.165, 1.54) is 0 Å². The lowest BCUT2D eigenvalue weighted by atomic mass is 9.67. The van der Waals surface area contributed by atoms with E-state index in [0.717, 1.165) is 25.8 Å². The molecule has 3 atom stereocenters. The SMILES string of the molecule is CC1CNC(=O)N1C1CC(C)(C)CC(C)(N)C1. The van der Waals surface area contributed by atoms with Gasteiger partial charge in [-0.15, -0.1) is 0 Å². The third kappa shape index (κ3) is 2.57. The molecule has 0 radical (unpaired) electrons. The second-order valence-corrected chi connectivity index (χ2v) is 7.00. The molecule has 17 heavy (non-hydrogen) atoms. The number of rotatable bonds is 1. The molecule has 4 heteroatoms. The number of nitrogens with two attached hydrogens (primary N) is 1. The van der Waals surface area contributed by atoms with E-state index in [0.29, 0.717) is 0 Å². The minimum absolute atomic E-state index is 0.0796. The largest absolute Gasteiger partial charge is 0.336 e. The van der Waals surface area contributed by atoms with E-state index < -0.39 is 0 Å². The van der Waals surface area contributed by atoms with Gasteiger partial charge in [-0.1, -0.05) is 13.8 Å². The van der Waals surface area contributed by atoms with E-state index in [1.54, 1.807) is 0 Å². The van der Waals surface area contributed by atoms with Crippen LogP contribution in [0.2, 0.25) is 0 Å². The van der Waals surface area contributed by atoms with Crippen molar-refractivity contribution in [3.63, 3.8) is 0 Å². The molecule has 3 N–H and O–H groups in total. The summed E-state index contributed by atoms with van der Waals surface area (Å²) in [5.41, 5.74) is 6.40. The Morgan fingerprint density at radius 2 is 2.00 bits per heavy atom. The highest BCUT2D eigenvalue weighted by atomic mass is 16.2. The summed E-state index contributed by atoms with van der Waals surface area (Å²) in [5, 5.41) is 2.92. The number of nitrogens with zero attached hydrogens (tertiary/aromatic N) is 1. The summed E-state index contributed by atoms with van der Waals surface area (Å²) in [6, 6.07) is 0.652. The molecule has 2 fully saturated rings. The fraction of sp³-hybridized carbons (Fsp3) is 0.923. The maximum Gasteiger partial charge on any atom is 0.318 e. The number of amides is 2. The third-order valence-electron chi connectivity index (χ3n) is 4.02. The molecule has 1 heterocycles. The zero-order valence-corrected chi connectivity index (χ0v) is 11.4. The Kier molecular flexibility index (Phi) is 2.89. The van der Waals surface area contributed by atoms with Crippen molar-refractivity contribution in [3.05, 3.63) is 0 Å². The molecule has 1 aliphatic heterocycles. The molecule has 1 saturated carbocycles. The molecule has 4 nitrogen and oxygen atoms in total. The highest BCUT2D eigenvalue weighted by Gasteiger charge is 2.44. The molecule has 3 unspecified atom stereocenters. The minimum Gasteiger partial charge on any atom is -0.336 e. The average molecular weight is 239 g/mol. The molecule has 1 saturated heterocycles. The van der Waals surface area contributed by atoms with Crippen LogP contribution < -0.4 is 11.1 Å². The van der Waals surface area contributed by atoms with Gasteiger partial charge in [0.05, 0.1) is 0 Å². The van der Waals surface area contributed by atoms with E-state index in [1.807, 2.05) is 4.90 Å². The Hall–Kier alpha value is -0.770. The van der Waals surface area contributed by atoms with Gasteiger partial charge in [0.1, 0.15) is 0 Å². The van der Waals surface area contributed by atoms with Gasteiger partial charge in [0.2, 0.25) is 0 Å². The molecule has 0 aromatic rings. The standard InChI is InChI=1S/C13H25N3O/c1-9-7-15-11(17)16(9)10-5-12(2,3)8-13(4,14)6-10/h9-10H,5-8,14H2,1-4H3,(H,15,17). The van der Waals surface area contributed by atoms with Crippen molar-refractivity contribution in [2.75, 3.05) is 6.54 Å². The Labute approximate surface area is 104 Å². The quantitative estimate of drug-likeness (QED) is 0.731. The fourth-order valence-corrected chi connectivity index (χ4v) is 3.83. The van der Waals surface area contributed by atoms with Gasteiger partial charge in [0.25, 0.3) is 0 Å². The van der Waals surface area contributed by atoms with Gasteiger partial charge in [-0.3, -0.25) is 0 Å². The highest BCUT2D eigenvalue weighted by molar-refractivity contribution is 5.77. The summed E-state index contributed by atoms with van der Waals surface area (Å²) in [6.07, 6.45) is 2.99. The maximum atomic E-state index is 11.9.